The molecule has 2 aromatic carbocycles. The second-order valence-corrected chi connectivity index (χ2v) is 6.98. The molecule has 1 atom stereocenters. The maximum atomic E-state index is 12.1. The zero-order valence-electron chi connectivity index (χ0n) is 10.6. The first kappa shape index (κ1) is 15.3. The molecule has 0 fully saturated rings. The second kappa shape index (κ2) is 6.11. The third-order valence-electron chi connectivity index (χ3n) is 2.55. The van der Waals surface area contributed by atoms with Gasteiger partial charge in [0.2, 0.25) is 0 Å². The van der Waals surface area contributed by atoms with Gasteiger partial charge in [-0.15, -0.1) is 0 Å². The van der Waals surface area contributed by atoms with E-state index >= 15 is 0 Å². The Morgan fingerprint density at radius 1 is 1.10 bits per heavy atom. The number of ether oxygens (including phenoxy) is 1. The molecule has 7 heteroatoms. The van der Waals surface area contributed by atoms with Crippen LogP contribution in [0.2, 0.25) is 0 Å². The Morgan fingerprint density at radius 3 is 2.29 bits per heavy atom. The van der Waals surface area contributed by atoms with Gasteiger partial charge in [-0.05, 0) is 0 Å². The molecular formula is C14H10AsF3N2O. The number of nitriles is 1. The Hall–Kier alpha value is -2.12. The predicted molar refractivity (Wildman–Crippen MR) is 75.1 cm³/mol. The Kier molecular flexibility index (Phi) is 4.44. The number of halogens is 3. The molecule has 21 heavy (non-hydrogen) atoms. The van der Waals surface area contributed by atoms with Gasteiger partial charge in [0.05, 0.1) is 0 Å². The number of nitrogen functional groups attached to an aromatic ring is 1. The van der Waals surface area contributed by atoms with Crippen LogP contribution in [0, 0.1) is 11.3 Å². The van der Waals surface area contributed by atoms with Crippen LogP contribution in [0.15, 0.2) is 42.5 Å². The Labute approximate surface area is 125 Å². The Bertz CT molecular complexity index is 678. The summed E-state index contributed by atoms with van der Waals surface area (Å²) in [6, 6.07) is 12.8. The minimum atomic E-state index is -4.69. The van der Waals surface area contributed by atoms with Crippen LogP contribution in [0.1, 0.15) is 5.56 Å². The van der Waals surface area contributed by atoms with Gasteiger partial charge in [-0.3, -0.25) is 0 Å². The third kappa shape index (κ3) is 4.44. The van der Waals surface area contributed by atoms with E-state index in [-0.39, 0.29) is 5.75 Å². The van der Waals surface area contributed by atoms with Gasteiger partial charge in [-0.2, -0.15) is 0 Å². The number of rotatable bonds is 3. The molecule has 2 aromatic rings. The van der Waals surface area contributed by atoms with Crippen molar-refractivity contribution in [2.75, 3.05) is 5.73 Å². The number of alkyl halides is 3. The van der Waals surface area contributed by atoms with E-state index < -0.39 is 22.1 Å². The number of nitrogens with two attached hydrogens (primary N) is 1. The van der Waals surface area contributed by atoms with Gasteiger partial charge >= 0.3 is 125 Å². The van der Waals surface area contributed by atoms with Gasteiger partial charge < -0.3 is 0 Å². The van der Waals surface area contributed by atoms with Crippen molar-refractivity contribution in [2.45, 2.75) is 6.36 Å². The molecule has 3 nitrogen and oxygen atoms in total. The molecular weight excluding hydrogens is 344 g/mol. The van der Waals surface area contributed by atoms with E-state index in [0.717, 1.165) is 8.70 Å². The van der Waals surface area contributed by atoms with Crippen molar-refractivity contribution in [3.63, 3.8) is 0 Å². The van der Waals surface area contributed by atoms with Crippen molar-refractivity contribution in [1.29, 1.82) is 5.26 Å². The summed E-state index contributed by atoms with van der Waals surface area (Å²) in [7, 11) is 0. The van der Waals surface area contributed by atoms with Crippen LogP contribution in [-0.4, -0.2) is 22.1 Å². The number of nitrogens with zero attached hydrogens (tertiary/aromatic N) is 1. The molecule has 0 aliphatic carbocycles. The summed E-state index contributed by atoms with van der Waals surface area (Å²) in [6.45, 7) is 0. The molecule has 0 amide bonds. The monoisotopic (exact) mass is 354 g/mol. The summed E-state index contributed by atoms with van der Waals surface area (Å²) < 4.78 is 41.8. The molecule has 2 rings (SSSR count). The number of benzene rings is 2. The molecule has 0 saturated carbocycles. The standard InChI is InChI=1S/C14H10AsF3N2O/c16-14(17,18)21-11-4-2-10(3-5-11)15-12-6-1-9(8-19)7-13(12)20/h1-7,15H,20H2. The zero-order chi connectivity index (χ0) is 15.5. The normalized spacial score (nSPS) is 11.5. The molecule has 0 aliphatic rings. The first-order chi connectivity index (χ1) is 9.87. The minimum absolute atomic E-state index is 0.245. The predicted octanol–water partition coefficient (Wildman–Crippen LogP) is 1.43. The van der Waals surface area contributed by atoms with Crippen molar-refractivity contribution < 1.29 is 17.9 Å². The van der Waals surface area contributed by atoms with Gasteiger partial charge in [0, 0.05) is 0 Å². The fourth-order valence-electron chi connectivity index (χ4n) is 1.64. The van der Waals surface area contributed by atoms with E-state index in [2.05, 4.69) is 4.74 Å². The molecule has 0 bridgehead atoms. The number of hydrogen-bond acceptors (Lipinski definition) is 3. The summed E-state index contributed by atoms with van der Waals surface area (Å²) in [6.07, 6.45) is -4.69. The quantitative estimate of drug-likeness (QED) is 0.670. The average molecular weight is 354 g/mol. The van der Waals surface area contributed by atoms with Crippen LogP contribution in [0.25, 0.3) is 0 Å². The second-order valence-electron chi connectivity index (χ2n) is 4.11. The van der Waals surface area contributed by atoms with Gasteiger partial charge in [0.25, 0.3) is 0 Å². The van der Waals surface area contributed by atoms with Gasteiger partial charge in [0.15, 0.2) is 0 Å². The first-order valence-corrected chi connectivity index (χ1v) is 7.89. The van der Waals surface area contributed by atoms with E-state index in [4.69, 9.17) is 11.0 Å². The molecule has 0 saturated heterocycles. The van der Waals surface area contributed by atoms with E-state index in [0.29, 0.717) is 11.3 Å². The van der Waals surface area contributed by atoms with E-state index in [1.54, 1.807) is 30.3 Å². The van der Waals surface area contributed by atoms with E-state index in [9.17, 15) is 13.2 Å². The number of hydrogen-bond donors (Lipinski definition) is 1. The summed E-state index contributed by atoms with van der Waals surface area (Å²) in [5.41, 5.74) is 6.88. The van der Waals surface area contributed by atoms with Crippen LogP contribution >= 0.6 is 0 Å². The van der Waals surface area contributed by atoms with Crippen molar-refractivity contribution in [3.05, 3.63) is 48.0 Å². The molecule has 0 aromatic heterocycles. The maximum absolute atomic E-state index is 12.1. The van der Waals surface area contributed by atoms with Gasteiger partial charge in [-0.25, -0.2) is 0 Å². The van der Waals surface area contributed by atoms with E-state index in [1.165, 1.54) is 12.1 Å². The Balaban J connectivity index is 2.12. The van der Waals surface area contributed by atoms with Crippen molar-refractivity contribution in [1.82, 2.24) is 0 Å². The average Bonchev–Trinajstić information content (AvgIpc) is 2.41. The summed E-state index contributed by atoms with van der Waals surface area (Å²) >= 11 is -0.778. The van der Waals surface area contributed by atoms with Crippen LogP contribution in [-0.2, 0) is 0 Å². The van der Waals surface area contributed by atoms with E-state index in [1.807, 2.05) is 6.07 Å². The molecule has 1 unspecified atom stereocenters. The molecule has 0 spiro atoms. The van der Waals surface area contributed by atoms with Crippen molar-refractivity contribution in [3.8, 4) is 11.8 Å². The topological polar surface area (TPSA) is 59.0 Å². The fraction of sp³-hybridized carbons (Fsp3) is 0.0714. The van der Waals surface area contributed by atoms with Crippen molar-refractivity contribution >= 4 is 30.1 Å². The summed E-state index contributed by atoms with van der Waals surface area (Å²) in [5, 5.41) is 8.76. The van der Waals surface area contributed by atoms with Crippen LogP contribution in [0.5, 0.6) is 5.75 Å². The third-order valence-corrected chi connectivity index (χ3v) is 5.37. The molecule has 0 radical (unpaired) electrons. The molecule has 0 heterocycles. The molecule has 108 valence electrons. The van der Waals surface area contributed by atoms with Crippen LogP contribution in [0.3, 0.4) is 0 Å². The SMILES string of the molecule is N#Cc1ccc([AsH]c2ccc(OC(F)(F)F)cc2)c(N)c1. The summed E-state index contributed by atoms with van der Waals surface area (Å²) in [5.74, 6) is -0.245. The number of anilines is 1. The van der Waals surface area contributed by atoms with Gasteiger partial charge in [-0.1, -0.05) is 0 Å². The van der Waals surface area contributed by atoms with Crippen LogP contribution < -0.4 is 19.2 Å². The zero-order valence-corrected chi connectivity index (χ0v) is 12.7. The molecule has 2 N–H and O–H groups in total. The van der Waals surface area contributed by atoms with Crippen molar-refractivity contribution in [2.24, 2.45) is 0 Å². The van der Waals surface area contributed by atoms with Gasteiger partial charge in [0.1, 0.15) is 0 Å². The first-order valence-electron chi connectivity index (χ1n) is 5.80. The fourth-order valence-corrected chi connectivity index (χ4v) is 3.80. The Morgan fingerprint density at radius 2 is 1.76 bits per heavy atom. The summed E-state index contributed by atoms with van der Waals surface area (Å²) in [4.78, 5) is 0. The molecule has 0 aliphatic heterocycles. The van der Waals surface area contributed by atoms with Crippen LogP contribution in [0.4, 0.5) is 18.9 Å².